The van der Waals surface area contributed by atoms with Crippen molar-refractivity contribution < 1.29 is 4.74 Å². The predicted molar refractivity (Wildman–Crippen MR) is 60.5 cm³/mol. The van der Waals surface area contributed by atoms with E-state index in [1.54, 1.807) is 0 Å². The van der Waals surface area contributed by atoms with E-state index in [1.165, 1.54) is 25.7 Å². The standard InChI is InChI=1S/C12H25NO/c1-4-7-13-12(8-11-5-6-11)9-14-10(2)3/h10-13H,4-9H2,1-3H3. The van der Waals surface area contributed by atoms with Gasteiger partial charge in [-0.3, -0.25) is 0 Å². The van der Waals surface area contributed by atoms with Crippen molar-refractivity contribution in [2.24, 2.45) is 5.92 Å². The van der Waals surface area contributed by atoms with Gasteiger partial charge in [-0.05, 0) is 39.2 Å². The number of nitrogens with one attached hydrogen (secondary N) is 1. The maximum atomic E-state index is 5.67. The molecule has 1 rings (SSSR count). The Balaban J connectivity index is 2.13. The molecule has 1 aliphatic carbocycles. The smallest absolute Gasteiger partial charge is 0.0623 e. The summed E-state index contributed by atoms with van der Waals surface area (Å²) in [6.45, 7) is 8.43. The largest absolute Gasteiger partial charge is 0.377 e. The zero-order valence-corrected chi connectivity index (χ0v) is 9.88. The maximum absolute atomic E-state index is 5.67. The Labute approximate surface area is 88.4 Å². The van der Waals surface area contributed by atoms with E-state index in [-0.39, 0.29) is 0 Å². The van der Waals surface area contributed by atoms with Gasteiger partial charge in [0.1, 0.15) is 0 Å². The summed E-state index contributed by atoms with van der Waals surface area (Å²) in [5.74, 6) is 0.986. The van der Waals surface area contributed by atoms with Gasteiger partial charge in [0.05, 0.1) is 12.7 Å². The minimum atomic E-state index is 0.361. The van der Waals surface area contributed by atoms with Crippen molar-refractivity contribution in [3.05, 3.63) is 0 Å². The molecule has 14 heavy (non-hydrogen) atoms. The van der Waals surface area contributed by atoms with Gasteiger partial charge < -0.3 is 10.1 Å². The molecule has 1 saturated carbocycles. The first kappa shape index (κ1) is 12.0. The van der Waals surface area contributed by atoms with Gasteiger partial charge in [-0.15, -0.1) is 0 Å². The first-order valence-electron chi connectivity index (χ1n) is 6.07. The van der Waals surface area contributed by atoms with Crippen LogP contribution in [0.15, 0.2) is 0 Å². The molecule has 1 aliphatic rings. The average molecular weight is 199 g/mol. The fourth-order valence-electron chi connectivity index (χ4n) is 1.62. The highest BCUT2D eigenvalue weighted by Crippen LogP contribution is 2.33. The fourth-order valence-corrected chi connectivity index (χ4v) is 1.62. The van der Waals surface area contributed by atoms with Crippen LogP contribution < -0.4 is 5.32 Å². The van der Waals surface area contributed by atoms with E-state index < -0.39 is 0 Å². The van der Waals surface area contributed by atoms with Crippen molar-refractivity contribution in [2.45, 2.75) is 58.6 Å². The zero-order chi connectivity index (χ0) is 10.4. The monoisotopic (exact) mass is 199 g/mol. The summed E-state index contributed by atoms with van der Waals surface area (Å²) in [5, 5.41) is 3.57. The fraction of sp³-hybridized carbons (Fsp3) is 1.00. The van der Waals surface area contributed by atoms with Crippen LogP contribution in [-0.4, -0.2) is 25.3 Å². The molecule has 1 atom stereocenters. The van der Waals surface area contributed by atoms with E-state index in [0.717, 1.165) is 19.1 Å². The van der Waals surface area contributed by atoms with Gasteiger partial charge in [-0.1, -0.05) is 19.8 Å². The lowest BCUT2D eigenvalue weighted by Crippen LogP contribution is -2.35. The first-order chi connectivity index (χ1) is 6.72. The summed E-state index contributed by atoms with van der Waals surface area (Å²) < 4.78 is 5.67. The molecule has 0 heterocycles. The number of rotatable bonds is 8. The molecule has 1 N–H and O–H groups in total. The van der Waals surface area contributed by atoms with Gasteiger partial charge in [0, 0.05) is 6.04 Å². The van der Waals surface area contributed by atoms with Crippen LogP contribution in [0.2, 0.25) is 0 Å². The van der Waals surface area contributed by atoms with Gasteiger partial charge in [0.2, 0.25) is 0 Å². The molecule has 0 amide bonds. The van der Waals surface area contributed by atoms with Crippen molar-refractivity contribution in [1.29, 1.82) is 0 Å². The third-order valence-electron chi connectivity index (χ3n) is 2.63. The van der Waals surface area contributed by atoms with E-state index in [9.17, 15) is 0 Å². The molecule has 2 heteroatoms. The lowest BCUT2D eigenvalue weighted by molar-refractivity contribution is 0.0584. The summed E-state index contributed by atoms with van der Waals surface area (Å²) >= 11 is 0. The molecule has 2 nitrogen and oxygen atoms in total. The Hall–Kier alpha value is -0.0800. The molecular weight excluding hydrogens is 174 g/mol. The second kappa shape index (κ2) is 6.41. The molecule has 0 spiro atoms. The predicted octanol–water partition coefficient (Wildman–Crippen LogP) is 2.58. The Morgan fingerprint density at radius 2 is 2.07 bits per heavy atom. The number of hydrogen-bond donors (Lipinski definition) is 1. The highest BCUT2D eigenvalue weighted by Gasteiger charge is 2.25. The topological polar surface area (TPSA) is 21.3 Å². The van der Waals surface area contributed by atoms with Crippen molar-refractivity contribution in [3.8, 4) is 0 Å². The maximum Gasteiger partial charge on any atom is 0.0623 e. The van der Waals surface area contributed by atoms with Crippen LogP contribution in [0, 0.1) is 5.92 Å². The molecule has 1 fully saturated rings. The lowest BCUT2D eigenvalue weighted by atomic mass is 10.1. The minimum absolute atomic E-state index is 0.361. The second-order valence-electron chi connectivity index (χ2n) is 4.71. The zero-order valence-electron chi connectivity index (χ0n) is 9.88. The Bertz CT molecular complexity index is 143. The molecule has 0 bridgehead atoms. The van der Waals surface area contributed by atoms with Gasteiger partial charge in [0.15, 0.2) is 0 Å². The highest BCUT2D eigenvalue weighted by molar-refractivity contribution is 4.80. The van der Waals surface area contributed by atoms with E-state index in [0.29, 0.717) is 12.1 Å². The highest BCUT2D eigenvalue weighted by atomic mass is 16.5. The van der Waals surface area contributed by atoms with Crippen molar-refractivity contribution >= 4 is 0 Å². The van der Waals surface area contributed by atoms with Crippen LogP contribution in [0.25, 0.3) is 0 Å². The third-order valence-corrected chi connectivity index (χ3v) is 2.63. The average Bonchev–Trinajstić information content (AvgIpc) is 2.93. The molecule has 0 aliphatic heterocycles. The second-order valence-corrected chi connectivity index (χ2v) is 4.71. The molecule has 0 radical (unpaired) electrons. The summed E-state index contributed by atoms with van der Waals surface area (Å²) in [4.78, 5) is 0. The molecule has 0 saturated heterocycles. The van der Waals surface area contributed by atoms with Crippen LogP contribution >= 0.6 is 0 Å². The van der Waals surface area contributed by atoms with Crippen LogP contribution in [-0.2, 0) is 4.74 Å². The van der Waals surface area contributed by atoms with Crippen LogP contribution in [0.1, 0.15) is 46.5 Å². The van der Waals surface area contributed by atoms with Crippen LogP contribution in [0.5, 0.6) is 0 Å². The number of hydrogen-bond acceptors (Lipinski definition) is 2. The van der Waals surface area contributed by atoms with Crippen molar-refractivity contribution in [1.82, 2.24) is 5.32 Å². The molecular formula is C12H25NO. The molecule has 0 aromatic rings. The molecule has 0 aromatic heterocycles. The van der Waals surface area contributed by atoms with Crippen LogP contribution in [0.3, 0.4) is 0 Å². The Morgan fingerprint density at radius 1 is 1.36 bits per heavy atom. The molecule has 0 aromatic carbocycles. The quantitative estimate of drug-likeness (QED) is 0.649. The van der Waals surface area contributed by atoms with Crippen molar-refractivity contribution in [3.63, 3.8) is 0 Å². The minimum Gasteiger partial charge on any atom is -0.377 e. The normalized spacial score (nSPS) is 18.9. The van der Waals surface area contributed by atoms with Gasteiger partial charge in [0.25, 0.3) is 0 Å². The Morgan fingerprint density at radius 3 is 2.57 bits per heavy atom. The van der Waals surface area contributed by atoms with Crippen molar-refractivity contribution in [2.75, 3.05) is 13.2 Å². The lowest BCUT2D eigenvalue weighted by Gasteiger charge is -2.19. The summed E-state index contributed by atoms with van der Waals surface area (Å²) in [6, 6.07) is 0.588. The van der Waals surface area contributed by atoms with E-state index in [1.807, 2.05) is 0 Å². The van der Waals surface area contributed by atoms with Gasteiger partial charge in [-0.25, -0.2) is 0 Å². The molecule has 84 valence electrons. The first-order valence-corrected chi connectivity index (χ1v) is 6.07. The van der Waals surface area contributed by atoms with Gasteiger partial charge in [-0.2, -0.15) is 0 Å². The van der Waals surface area contributed by atoms with Gasteiger partial charge >= 0.3 is 0 Å². The van der Waals surface area contributed by atoms with E-state index >= 15 is 0 Å². The summed E-state index contributed by atoms with van der Waals surface area (Å²) in [7, 11) is 0. The SMILES string of the molecule is CCCNC(COC(C)C)CC1CC1. The van der Waals surface area contributed by atoms with E-state index in [2.05, 4.69) is 26.1 Å². The Kier molecular flexibility index (Phi) is 5.49. The van der Waals surface area contributed by atoms with E-state index in [4.69, 9.17) is 4.74 Å². The molecule has 1 unspecified atom stereocenters. The number of ether oxygens (including phenoxy) is 1. The van der Waals surface area contributed by atoms with Crippen LogP contribution in [0.4, 0.5) is 0 Å². The third kappa shape index (κ3) is 5.61. The summed E-state index contributed by atoms with van der Waals surface area (Å²) in [5.41, 5.74) is 0. The summed E-state index contributed by atoms with van der Waals surface area (Å²) in [6.07, 6.45) is 5.76.